The fraction of sp³-hybridized carbons (Fsp3) is 0.696. The third kappa shape index (κ3) is 4.64. The van der Waals surface area contributed by atoms with Crippen molar-refractivity contribution in [1.82, 2.24) is 4.90 Å². The zero-order valence-corrected chi connectivity index (χ0v) is 18.5. The molecule has 0 spiro atoms. The first-order valence-electron chi connectivity index (χ1n) is 10.8. The summed E-state index contributed by atoms with van der Waals surface area (Å²) < 4.78 is 30.6. The van der Waals surface area contributed by atoms with E-state index in [1.54, 1.807) is 4.90 Å². The number of carbonyl (C=O) groups is 1. The van der Waals surface area contributed by atoms with Crippen LogP contribution in [0.4, 0.5) is 4.79 Å². The lowest BCUT2D eigenvalue weighted by Crippen LogP contribution is -2.66. The molecule has 166 valence electrons. The highest BCUT2D eigenvalue weighted by atomic mass is 16.8. The van der Waals surface area contributed by atoms with Crippen LogP contribution in [0.15, 0.2) is 30.3 Å². The predicted molar refractivity (Wildman–Crippen MR) is 110 cm³/mol. The van der Waals surface area contributed by atoms with E-state index in [9.17, 15) is 4.79 Å². The van der Waals surface area contributed by atoms with Crippen LogP contribution in [0, 0.1) is 0 Å². The first-order chi connectivity index (χ1) is 14.1. The molecule has 1 aromatic rings. The van der Waals surface area contributed by atoms with E-state index in [1.165, 1.54) is 0 Å². The van der Waals surface area contributed by atoms with Gasteiger partial charge in [-0.25, -0.2) is 4.79 Å². The summed E-state index contributed by atoms with van der Waals surface area (Å²) in [5, 5.41) is 0. The van der Waals surface area contributed by atoms with Crippen LogP contribution in [0.2, 0.25) is 0 Å². The summed E-state index contributed by atoms with van der Waals surface area (Å²) in [6, 6.07) is 9.71. The quantitative estimate of drug-likeness (QED) is 0.742. The van der Waals surface area contributed by atoms with Crippen LogP contribution in [0.5, 0.6) is 0 Å². The van der Waals surface area contributed by atoms with E-state index < -0.39 is 23.8 Å². The number of amides is 1. The number of likely N-dealkylation sites (tertiary alicyclic amines) is 1. The molecule has 5 atom stereocenters. The lowest BCUT2D eigenvalue weighted by molar-refractivity contribution is -0.274. The van der Waals surface area contributed by atoms with Crippen LogP contribution >= 0.6 is 0 Å². The van der Waals surface area contributed by atoms with Crippen molar-refractivity contribution in [3.63, 3.8) is 0 Å². The van der Waals surface area contributed by atoms with E-state index >= 15 is 0 Å². The fourth-order valence-electron chi connectivity index (χ4n) is 4.48. The standard InChI is InChI=1S/C23H33NO6/c1-22(2,3)30-21(25)24-13-9-12-16-17(24)18-19(29-23(4,5)28-18)20(27-16)26-14-15-10-7-6-8-11-15/h6-8,10-11,16-20H,9,12-14H2,1-5H3/t16-,17+,18?,19?,20-/m0/s1. The molecule has 0 aromatic heterocycles. The van der Waals surface area contributed by atoms with Gasteiger partial charge in [0.15, 0.2) is 12.1 Å². The van der Waals surface area contributed by atoms with Crippen LogP contribution in [0.3, 0.4) is 0 Å². The average molecular weight is 420 g/mol. The minimum absolute atomic E-state index is 0.189. The van der Waals surface area contributed by atoms with Gasteiger partial charge in [-0.15, -0.1) is 0 Å². The van der Waals surface area contributed by atoms with Crippen molar-refractivity contribution in [2.24, 2.45) is 0 Å². The number of hydrogen-bond donors (Lipinski definition) is 0. The Morgan fingerprint density at radius 1 is 1.17 bits per heavy atom. The molecule has 0 radical (unpaired) electrons. The molecule has 7 heteroatoms. The maximum Gasteiger partial charge on any atom is 0.410 e. The van der Waals surface area contributed by atoms with Gasteiger partial charge in [-0.2, -0.15) is 0 Å². The van der Waals surface area contributed by atoms with E-state index in [0.29, 0.717) is 13.2 Å². The summed E-state index contributed by atoms with van der Waals surface area (Å²) in [5.74, 6) is -0.779. The van der Waals surface area contributed by atoms with Crippen molar-refractivity contribution in [2.75, 3.05) is 6.54 Å². The highest BCUT2D eigenvalue weighted by Crippen LogP contribution is 2.42. The Morgan fingerprint density at radius 2 is 1.87 bits per heavy atom. The van der Waals surface area contributed by atoms with Gasteiger partial charge in [-0.3, -0.25) is 4.90 Å². The van der Waals surface area contributed by atoms with E-state index in [4.69, 9.17) is 23.7 Å². The van der Waals surface area contributed by atoms with Crippen LogP contribution in [0.1, 0.15) is 53.0 Å². The summed E-state index contributed by atoms with van der Waals surface area (Å²) in [7, 11) is 0. The van der Waals surface area contributed by atoms with Crippen LogP contribution in [0.25, 0.3) is 0 Å². The first-order valence-corrected chi connectivity index (χ1v) is 10.8. The SMILES string of the molecule is CC(C)(C)OC(=O)N1CCC[C@@H]2O[C@H](OCc3ccccc3)C3OC(C)(C)OC3[C@@H]21. The Balaban J connectivity index is 1.54. The molecule has 2 unspecified atom stereocenters. The van der Waals surface area contributed by atoms with Gasteiger partial charge >= 0.3 is 6.09 Å². The highest BCUT2D eigenvalue weighted by molar-refractivity contribution is 5.69. The Morgan fingerprint density at radius 3 is 2.57 bits per heavy atom. The molecule has 3 aliphatic heterocycles. The maximum atomic E-state index is 12.9. The molecular weight excluding hydrogens is 386 g/mol. The zero-order chi connectivity index (χ0) is 21.5. The molecule has 1 amide bonds. The number of carbonyl (C=O) groups excluding carboxylic acids is 1. The molecule has 0 aliphatic carbocycles. The third-order valence-corrected chi connectivity index (χ3v) is 5.59. The monoisotopic (exact) mass is 419 g/mol. The molecule has 4 rings (SSSR count). The summed E-state index contributed by atoms with van der Waals surface area (Å²) in [6.07, 6.45) is -0.172. The number of piperidine rings is 1. The Labute approximate surface area is 178 Å². The first kappa shape index (κ1) is 21.6. The summed E-state index contributed by atoms with van der Waals surface area (Å²) in [4.78, 5) is 14.7. The van der Waals surface area contributed by atoms with Gasteiger partial charge < -0.3 is 23.7 Å². The van der Waals surface area contributed by atoms with Crippen LogP contribution < -0.4 is 0 Å². The number of ether oxygens (including phenoxy) is 5. The molecule has 3 fully saturated rings. The molecule has 30 heavy (non-hydrogen) atoms. The van der Waals surface area contributed by atoms with Crippen molar-refractivity contribution >= 4 is 6.09 Å². The normalized spacial score (nSPS) is 33.0. The number of nitrogens with zero attached hydrogens (tertiary/aromatic N) is 1. The van der Waals surface area contributed by atoms with E-state index in [2.05, 4.69) is 0 Å². The van der Waals surface area contributed by atoms with Gasteiger partial charge in [-0.1, -0.05) is 30.3 Å². The van der Waals surface area contributed by atoms with Gasteiger partial charge in [0.1, 0.15) is 17.8 Å². The minimum atomic E-state index is -0.779. The molecule has 3 saturated heterocycles. The smallest absolute Gasteiger partial charge is 0.410 e. The maximum absolute atomic E-state index is 12.9. The van der Waals surface area contributed by atoms with Crippen molar-refractivity contribution in [3.05, 3.63) is 35.9 Å². The second-order valence-electron chi connectivity index (χ2n) is 9.71. The molecule has 3 heterocycles. The molecular formula is C23H33NO6. The average Bonchev–Trinajstić information content (AvgIpc) is 3.00. The number of rotatable bonds is 3. The van der Waals surface area contributed by atoms with Gasteiger partial charge in [-0.05, 0) is 53.0 Å². The molecule has 7 nitrogen and oxygen atoms in total. The van der Waals surface area contributed by atoms with Crippen molar-refractivity contribution < 1.29 is 28.5 Å². The van der Waals surface area contributed by atoms with Crippen molar-refractivity contribution in [2.45, 2.75) is 96.1 Å². The lowest BCUT2D eigenvalue weighted by Gasteiger charge is -2.49. The lowest BCUT2D eigenvalue weighted by atomic mass is 9.89. The predicted octanol–water partition coefficient (Wildman–Crippen LogP) is 3.85. The second-order valence-corrected chi connectivity index (χ2v) is 9.71. The Bertz CT molecular complexity index is 746. The minimum Gasteiger partial charge on any atom is -0.444 e. The molecule has 0 N–H and O–H groups in total. The Hall–Kier alpha value is -1.67. The van der Waals surface area contributed by atoms with Gasteiger partial charge in [0.2, 0.25) is 0 Å². The van der Waals surface area contributed by atoms with Crippen molar-refractivity contribution in [1.29, 1.82) is 0 Å². The third-order valence-electron chi connectivity index (χ3n) is 5.59. The van der Waals surface area contributed by atoms with Gasteiger partial charge in [0.05, 0.1) is 18.8 Å². The highest BCUT2D eigenvalue weighted by Gasteiger charge is 2.59. The molecule has 0 bridgehead atoms. The topological polar surface area (TPSA) is 66.5 Å². The van der Waals surface area contributed by atoms with E-state index in [1.807, 2.05) is 65.0 Å². The second kappa shape index (κ2) is 8.11. The fourth-order valence-corrected chi connectivity index (χ4v) is 4.48. The largest absolute Gasteiger partial charge is 0.444 e. The Kier molecular flexibility index (Phi) is 5.83. The molecule has 1 aromatic carbocycles. The van der Waals surface area contributed by atoms with Crippen LogP contribution in [-0.2, 0) is 30.3 Å². The van der Waals surface area contributed by atoms with Crippen molar-refractivity contribution in [3.8, 4) is 0 Å². The van der Waals surface area contributed by atoms with Gasteiger partial charge in [0.25, 0.3) is 0 Å². The summed E-state index contributed by atoms with van der Waals surface area (Å²) in [6.45, 7) is 10.4. The number of fused-ring (bicyclic) bond motifs is 3. The van der Waals surface area contributed by atoms with E-state index in [0.717, 1.165) is 18.4 Å². The zero-order valence-electron chi connectivity index (χ0n) is 18.5. The molecule has 3 aliphatic rings. The van der Waals surface area contributed by atoms with E-state index in [-0.39, 0.29) is 24.3 Å². The summed E-state index contributed by atoms with van der Waals surface area (Å²) >= 11 is 0. The van der Waals surface area contributed by atoms with Gasteiger partial charge in [0, 0.05) is 6.54 Å². The summed E-state index contributed by atoms with van der Waals surface area (Å²) in [5.41, 5.74) is 0.504. The van der Waals surface area contributed by atoms with Crippen LogP contribution in [-0.4, -0.2) is 59.6 Å². The number of hydrogen-bond acceptors (Lipinski definition) is 6. The number of benzene rings is 1. The molecule has 0 saturated carbocycles.